The van der Waals surface area contributed by atoms with E-state index in [-0.39, 0.29) is 23.6 Å². The van der Waals surface area contributed by atoms with Crippen LogP contribution in [0.4, 0.5) is 5.69 Å². The Balaban J connectivity index is 1.42. The van der Waals surface area contributed by atoms with Crippen molar-refractivity contribution in [2.45, 2.75) is 52.1 Å². The van der Waals surface area contributed by atoms with Gasteiger partial charge < -0.3 is 16.0 Å². The van der Waals surface area contributed by atoms with Crippen molar-refractivity contribution in [1.29, 1.82) is 0 Å². The highest BCUT2D eigenvalue weighted by Crippen LogP contribution is 2.30. The fourth-order valence-corrected chi connectivity index (χ4v) is 5.29. The first-order valence-electron chi connectivity index (χ1n) is 12.1. The summed E-state index contributed by atoms with van der Waals surface area (Å²) in [7, 11) is 0. The highest BCUT2D eigenvalue weighted by molar-refractivity contribution is 6.31. The maximum atomic E-state index is 12.9. The molecule has 0 unspecified atom stereocenters. The molecule has 1 aromatic heterocycles. The molecule has 1 aliphatic heterocycles. The van der Waals surface area contributed by atoms with Crippen LogP contribution in [0.25, 0.3) is 0 Å². The van der Waals surface area contributed by atoms with E-state index in [9.17, 15) is 14.4 Å². The van der Waals surface area contributed by atoms with Gasteiger partial charge >= 0.3 is 0 Å². The third-order valence-corrected chi connectivity index (χ3v) is 7.32. The average Bonchev–Trinajstić information content (AvgIpc) is 3.37. The number of pyridine rings is 1. The zero-order chi connectivity index (χ0) is 25.1. The molecule has 1 aromatic carbocycles. The molecule has 35 heavy (non-hydrogen) atoms. The number of hydrogen-bond donors (Lipinski definition) is 2. The third kappa shape index (κ3) is 5.82. The van der Waals surface area contributed by atoms with Gasteiger partial charge in [-0.15, -0.1) is 0 Å². The van der Waals surface area contributed by atoms with E-state index in [0.717, 1.165) is 56.4 Å². The van der Waals surface area contributed by atoms with E-state index >= 15 is 0 Å². The average molecular weight is 498 g/mol. The van der Waals surface area contributed by atoms with Gasteiger partial charge in [0.15, 0.2) is 0 Å². The first-order chi connectivity index (χ1) is 16.7. The van der Waals surface area contributed by atoms with Gasteiger partial charge in [-0.25, -0.2) is 0 Å². The number of halogens is 1. The lowest BCUT2D eigenvalue weighted by Crippen LogP contribution is -2.54. The van der Waals surface area contributed by atoms with Gasteiger partial charge in [-0.2, -0.15) is 0 Å². The van der Waals surface area contributed by atoms with Crippen LogP contribution in [-0.2, 0) is 11.3 Å². The summed E-state index contributed by atoms with van der Waals surface area (Å²) in [6.45, 7) is 7.08. The number of hydrogen-bond acceptors (Lipinski definition) is 5. The van der Waals surface area contributed by atoms with Crippen molar-refractivity contribution in [2.24, 2.45) is 11.7 Å². The molecule has 2 aromatic rings. The molecule has 3 amide bonds. The Labute approximate surface area is 210 Å². The second-order valence-corrected chi connectivity index (χ2v) is 10.0. The minimum absolute atomic E-state index is 0.0991. The molecule has 8 nitrogen and oxygen atoms in total. The minimum atomic E-state index is -0.648. The van der Waals surface area contributed by atoms with Crippen LogP contribution in [0.1, 0.15) is 64.6 Å². The van der Waals surface area contributed by atoms with Crippen LogP contribution in [-0.4, -0.2) is 58.2 Å². The second kappa shape index (κ2) is 10.7. The highest BCUT2D eigenvalue weighted by Gasteiger charge is 2.33. The highest BCUT2D eigenvalue weighted by atomic mass is 35.5. The van der Waals surface area contributed by atoms with E-state index < -0.39 is 5.91 Å². The Morgan fingerprint density at radius 1 is 1.17 bits per heavy atom. The molecule has 2 heterocycles. The number of aromatic nitrogens is 1. The molecule has 1 atom stereocenters. The predicted octanol–water partition coefficient (Wildman–Crippen LogP) is 3.62. The van der Waals surface area contributed by atoms with E-state index in [1.165, 1.54) is 18.3 Å². The molecule has 1 aliphatic carbocycles. The van der Waals surface area contributed by atoms with Gasteiger partial charge in [0, 0.05) is 55.0 Å². The summed E-state index contributed by atoms with van der Waals surface area (Å²) in [5, 5.41) is 3.44. The fraction of sp³-hybridized carbons (Fsp3) is 0.462. The Kier molecular flexibility index (Phi) is 7.72. The number of rotatable bonds is 6. The number of piperazine rings is 1. The van der Waals surface area contributed by atoms with E-state index in [1.54, 1.807) is 6.07 Å². The SMILES string of the molecule is Cc1c(CN2CCN(C(=O)C3CCCC3)[C@@H](C)C2)cc(Cl)cc1NC(=O)c1ccc(C(N)=O)nc1. The van der Waals surface area contributed by atoms with E-state index in [1.807, 2.05) is 13.0 Å². The molecule has 0 spiro atoms. The number of primary amides is 1. The van der Waals surface area contributed by atoms with Crippen LogP contribution in [0, 0.1) is 12.8 Å². The van der Waals surface area contributed by atoms with Crippen molar-refractivity contribution < 1.29 is 14.4 Å². The Morgan fingerprint density at radius 2 is 1.91 bits per heavy atom. The molecule has 2 aliphatic rings. The van der Waals surface area contributed by atoms with Gasteiger partial charge in [0.2, 0.25) is 5.91 Å². The van der Waals surface area contributed by atoms with Crippen LogP contribution < -0.4 is 11.1 Å². The zero-order valence-electron chi connectivity index (χ0n) is 20.2. The Hall–Kier alpha value is -2.97. The maximum Gasteiger partial charge on any atom is 0.267 e. The number of anilines is 1. The van der Waals surface area contributed by atoms with Crippen LogP contribution in [0.3, 0.4) is 0 Å². The summed E-state index contributed by atoms with van der Waals surface area (Å²) in [4.78, 5) is 45.2. The molecule has 1 saturated carbocycles. The van der Waals surface area contributed by atoms with Gasteiger partial charge in [-0.05, 0) is 62.1 Å². The van der Waals surface area contributed by atoms with Crippen LogP contribution in [0.5, 0.6) is 0 Å². The first kappa shape index (κ1) is 25.1. The minimum Gasteiger partial charge on any atom is -0.364 e. The van der Waals surface area contributed by atoms with E-state index in [0.29, 0.717) is 28.7 Å². The van der Waals surface area contributed by atoms with Gasteiger partial charge in [-0.3, -0.25) is 24.3 Å². The molecule has 2 fully saturated rings. The maximum absolute atomic E-state index is 12.9. The lowest BCUT2D eigenvalue weighted by atomic mass is 10.0. The summed E-state index contributed by atoms with van der Waals surface area (Å²) in [5.41, 5.74) is 8.21. The zero-order valence-corrected chi connectivity index (χ0v) is 21.0. The number of carbonyl (C=O) groups is 3. The van der Waals surface area contributed by atoms with Crippen molar-refractivity contribution in [3.8, 4) is 0 Å². The van der Waals surface area contributed by atoms with Crippen molar-refractivity contribution in [1.82, 2.24) is 14.8 Å². The predicted molar refractivity (Wildman–Crippen MR) is 135 cm³/mol. The van der Waals surface area contributed by atoms with Crippen LogP contribution in [0.2, 0.25) is 5.02 Å². The number of nitrogens with zero attached hydrogens (tertiary/aromatic N) is 3. The second-order valence-electron chi connectivity index (χ2n) is 9.59. The lowest BCUT2D eigenvalue weighted by molar-refractivity contribution is -0.140. The van der Waals surface area contributed by atoms with Crippen molar-refractivity contribution >= 4 is 35.0 Å². The van der Waals surface area contributed by atoms with Crippen molar-refractivity contribution in [3.63, 3.8) is 0 Å². The monoisotopic (exact) mass is 497 g/mol. The Morgan fingerprint density at radius 3 is 2.54 bits per heavy atom. The van der Waals surface area contributed by atoms with Crippen LogP contribution in [0.15, 0.2) is 30.5 Å². The summed E-state index contributed by atoms with van der Waals surface area (Å²) in [5.74, 6) is -0.479. The molecule has 1 saturated heterocycles. The van der Waals surface area contributed by atoms with Gasteiger partial charge in [0.25, 0.3) is 11.8 Å². The molecular weight excluding hydrogens is 466 g/mol. The number of benzene rings is 1. The smallest absolute Gasteiger partial charge is 0.267 e. The molecular formula is C26H32ClN5O3. The van der Waals surface area contributed by atoms with Gasteiger partial charge in [-0.1, -0.05) is 24.4 Å². The largest absolute Gasteiger partial charge is 0.364 e. The third-order valence-electron chi connectivity index (χ3n) is 7.10. The lowest BCUT2D eigenvalue weighted by Gasteiger charge is -2.41. The number of nitrogens with two attached hydrogens (primary N) is 1. The van der Waals surface area contributed by atoms with Gasteiger partial charge in [0.1, 0.15) is 5.69 Å². The van der Waals surface area contributed by atoms with Crippen molar-refractivity contribution in [2.75, 3.05) is 25.0 Å². The first-order valence-corrected chi connectivity index (χ1v) is 12.5. The normalized spacial score (nSPS) is 19.1. The van der Waals surface area contributed by atoms with E-state index in [4.69, 9.17) is 17.3 Å². The van der Waals surface area contributed by atoms with Crippen LogP contribution >= 0.6 is 11.6 Å². The molecule has 186 valence electrons. The summed E-state index contributed by atoms with van der Waals surface area (Å²) >= 11 is 6.40. The van der Waals surface area contributed by atoms with E-state index in [2.05, 4.69) is 27.0 Å². The van der Waals surface area contributed by atoms with Crippen molar-refractivity contribution in [3.05, 3.63) is 57.9 Å². The summed E-state index contributed by atoms with van der Waals surface area (Å²) in [6, 6.07) is 6.75. The molecule has 9 heteroatoms. The molecule has 4 rings (SSSR count). The molecule has 3 N–H and O–H groups in total. The molecule has 0 radical (unpaired) electrons. The topological polar surface area (TPSA) is 109 Å². The van der Waals surface area contributed by atoms with Gasteiger partial charge in [0.05, 0.1) is 5.56 Å². The molecule has 0 bridgehead atoms. The summed E-state index contributed by atoms with van der Waals surface area (Å²) in [6.07, 6.45) is 5.68. The summed E-state index contributed by atoms with van der Waals surface area (Å²) < 4.78 is 0. The Bertz CT molecular complexity index is 1110. The number of carbonyl (C=O) groups excluding carboxylic acids is 3. The number of amides is 3. The fourth-order valence-electron chi connectivity index (χ4n) is 5.05. The number of nitrogens with one attached hydrogen (secondary N) is 1. The quantitative estimate of drug-likeness (QED) is 0.633. The standard InChI is InChI=1S/C26H32ClN5O3/c1-16-14-31(9-10-32(16)26(35)18-5-3-4-6-18)15-20-11-21(27)12-23(17(20)2)30-25(34)19-7-8-22(24(28)33)29-13-19/h7-8,11-13,16,18H,3-6,9-10,14-15H2,1-2H3,(H2,28,33)(H,30,34)/t16-/m0/s1.